The fraction of sp³-hybridized carbons (Fsp3) is 0.250. The van der Waals surface area contributed by atoms with Crippen molar-refractivity contribution < 1.29 is 13.5 Å². The van der Waals surface area contributed by atoms with Gasteiger partial charge in [-0.25, -0.2) is 0 Å². The number of nitrogens with one attached hydrogen (secondary N) is 2. The summed E-state index contributed by atoms with van der Waals surface area (Å²) in [6.45, 7) is 1.27. The maximum absolute atomic E-state index is 10.5. The van der Waals surface area contributed by atoms with Crippen LogP contribution >= 0.6 is 0 Å². The number of benzene rings is 1. The third-order valence-electron chi connectivity index (χ3n) is 1.87. The Bertz CT molecular complexity index is 370. The van der Waals surface area contributed by atoms with Gasteiger partial charge in [0.25, 0.3) is 0 Å². The van der Waals surface area contributed by atoms with E-state index >= 15 is 0 Å². The first kappa shape index (κ1) is 9.29. The Kier molecular flexibility index (Phi) is 2.55. The molecule has 14 heavy (non-hydrogen) atoms. The lowest BCUT2D eigenvalue weighted by molar-refractivity contribution is 0.325. The van der Waals surface area contributed by atoms with Crippen LogP contribution in [0.15, 0.2) is 18.2 Å². The highest BCUT2D eigenvalue weighted by Crippen LogP contribution is 2.35. The molecule has 2 N–H and O–H groups in total. The molecule has 1 atom stereocenters. The second-order valence-electron chi connectivity index (χ2n) is 2.79. The van der Waals surface area contributed by atoms with E-state index in [0.717, 1.165) is 12.2 Å². The smallest absolute Gasteiger partial charge is 0.166 e. The Labute approximate surface area is 83.9 Å². The summed E-state index contributed by atoms with van der Waals surface area (Å²) in [5, 5.41) is 3.11. The number of hydrogen-bond acceptors (Lipinski definition) is 4. The van der Waals surface area contributed by atoms with E-state index in [1.165, 1.54) is 0 Å². The predicted molar refractivity (Wildman–Crippen MR) is 53.0 cm³/mol. The first-order valence-corrected chi connectivity index (χ1v) is 5.20. The van der Waals surface area contributed by atoms with Gasteiger partial charge in [0.05, 0.1) is 11.4 Å². The van der Waals surface area contributed by atoms with E-state index in [1.54, 1.807) is 12.1 Å². The minimum atomic E-state index is -2.32. The minimum Gasteiger partial charge on any atom is -0.755 e. The molecule has 0 bridgehead atoms. The molecule has 2 rings (SSSR count). The van der Waals surface area contributed by atoms with Crippen molar-refractivity contribution in [3.05, 3.63) is 18.2 Å². The van der Waals surface area contributed by atoms with Crippen LogP contribution in [0.5, 0.6) is 5.75 Å². The van der Waals surface area contributed by atoms with E-state index in [-0.39, 0.29) is 0 Å². The van der Waals surface area contributed by atoms with Gasteiger partial charge in [0.15, 0.2) is 5.75 Å². The summed E-state index contributed by atoms with van der Waals surface area (Å²) < 4.78 is 28.6. The van der Waals surface area contributed by atoms with Gasteiger partial charge in [-0.3, -0.25) is 4.21 Å². The van der Waals surface area contributed by atoms with E-state index in [2.05, 4.69) is 10.0 Å². The Morgan fingerprint density at radius 2 is 2.43 bits per heavy atom. The van der Waals surface area contributed by atoms with Crippen molar-refractivity contribution in [3.8, 4) is 5.75 Å². The molecule has 0 spiro atoms. The summed E-state index contributed by atoms with van der Waals surface area (Å²) in [5.41, 5.74) is 1.27. The van der Waals surface area contributed by atoms with Crippen LogP contribution in [0, 0.1) is 0 Å². The SMILES string of the molecule is O=S([O-])Nc1cccc2c1OCCN2. The van der Waals surface area contributed by atoms with Crippen LogP contribution in [-0.4, -0.2) is 21.9 Å². The molecule has 0 saturated heterocycles. The van der Waals surface area contributed by atoms with Gasteiger partial charge in [-0.05, 0) is 12.1 Å². The molecule has 76 valence electrons. The van der Waals surface area contributed by atoms with E-state index in [4.69, 9.17) is 4.74 Å². The fourth-order valence-electron chi connectivity index (χ4n) is 1.34. The lowest BCUT2D eigenvalue weighted by Gasteiger charge is -2.22. The van der Waals surface area contributed by atoms with Crippen LogP contribution in [0.1, 0.15) is 0 Å². The van der Waals surface area contributed by atoms with E-state index in [9.17, 15) is 8.76 Å². The molecule has 0 aromatic heterocycles. The molecule has 1 aliphatic rings. The maximum Gasteiger partial charge on any atom is 0.166 e. The van der Waals surface area contributed by atoms with Crippen molar-refractivity contribution in [1.29, 1.82) is 0 Å². The second kappa shape index (κ2) is 3.85. The number of hydrogen-bond donors (Lipinski definition) is 2. The van der Waals surface area contributed by atoms with E-state index in [0.29, 0.717) is 18.0 Å². The van der Waals surface area contributed by atoms with Gasteiger partial charge >= 0.3 is 0 Å². The number of anilines is 2. The van der Waals surface area contributed by atoms with Crippen LogP contribution < -0.4 is 14.8 Å². The van der Waals surface area contributed by atoms with E-state index in [1.807, 2.05) is 6.07 Å². The zero-order chi connectivity index (χ0) is 9.97. The summed E-state index contributed by atoms with van der Waals surface area (Å²) in [4.78, 5) is 0. The van der Waals surface area contributed by atoms with Gasteiger partial charge in [-0.2, -0.15) is 0 Å². The van der Waals surface area contributed by atoms with Crippen molar-refractivity contribution in [2.45, 2.75) is 0 Å². The Balaban J connectivity index is 2.35. The van der Waals surface area contributed by atoms with Gasteiger partial charge in [0.2, 0.25) is 0 Å². The standard InChI is InChI=1S/C8H10N2O3S/c11-14(12)10-7-3-1-2-6-8(7)13-5-4-9-6/h1-3,9-10H,4-5H2,(H,11,12)/p-1. The quantitative estimate of drug-likeness (QED) is 0.709. The van der Waals surface area contributed by atoms with Crippen molar-refractivity contribution in [2.75, 3.05) is 23.2 Å². The average Bonchev–Trinajstić information content (AvgIpc) is 2.18. The average molecular weight is 213 g/mol. The van der Waals surface area contributed by atoms with Crippen LogP contribution in [-0.2, 0) is 11.3 Å². The van der Waals surface area contributed by atoms with Crippen molar-refractivity contribution in [3.63, 3.8) is 0 Å². The summed E-state index contributed by atoms with van der Waals surface area (Å²) >= 11 is -2.32. The number of rotatable bonds is 2. The molecule has 0 radical (unpaired) electrons. The molecule has 0 fully saturated rings. The molecule has 1 unspecified atom stereocenters. The molecular weight excluding hydrogens is 204 g/mol. The van der Waals surface area contributed by atoms with Crippen LogP contribution in [0.25, 0.3) is 0 Å². The van der Waals surface area contributed by atoms with Crippen molar-refractivity contribution in [1.82, 2.24) is 0 Å². The number of ether oxygens (including phenoxy) is 1. The summed E-state index contributed by atoms with van der Waals surface area (Å²) in [6, 6.07) is 5.25. The molecule has 1 aromatic rings. The first-order chi connectivity index (χ1) is 6.77. The first-order valence-electron chi connectivity index (χ1n) is 4.13. The van der Waals surface area contributed by atoms with Crippen LogP contribution in [0.2, 0.25) is 0 Å². The van der Waals surface area contributed by atoms with Gasteiger partial charge in [-0.1, -0.05) is 6.07 Å². The van der Waals surface area contributed by atoms with Crippen molar-refractivity contribution in [2.24, 2.45) is 0 Å². The highest BCUT2D eigenvalue weighted by atomic mass is 32.2. The molecule has 0 aliphatic carbocycles. The maximum atomic E-state index is 10.5. The van der Waals surface area contributed by atoms with Crippen LogP contribution in [0.4, 0.5) is 11.4 Å². The fourth-order valence-corrected chi connectivity index (χ4v) is 1.68. The summed E-state index contributed by atoms with van der Waals surface area (Å²) in [6.07, 6.45) is 0. The van der Waals surface area contributed by atoms with Crippen LogP contribution in [0.3, 0.4) is 0 Å². The van der Waals surface area contributed by atoms with Crippen molar-refractivity contribution >= 4 is 22.6 Å². The molecule has 1 aromatic carbocycles. The molecule has 0 amide bonds. The van der Waals surface area contributed by atoms with Gasteiger partial charge in [0, 0.05) is 17.8 Å². The third kappa shape index (κ3) is 1.80. The monoisotopic (exact) mass is 213 g/mol. The van der Waals surface area contributed by atoms with Gasteiger partial charge in [-0.15, -0.1) is 0 Å². The molecule has 0 saturated carbocycles. The molecule has 1 aliphatic heterocycles. The largest absolute Gasteiger partial charge is 0.755 e. The lowest BCUT2D eigenvalue weighted by atomic mass is 10.2. The predicted octanol–water partition coefficient (Wildman–Crippen LogP) is 0.697. The number of para-hydroxylation sites is 1. The normalized spacial score (nSPS) is 16.1. The highest BCUT2D eigenvalue weighted by molar-refractivity contribution is 7.80. The molecular formula is C8H9N2O3S-. The third-order valence-corrected chi connectivity index (χ3v) is 2.26. The Hall–Kier alpha value is -1.27. The lowest BCUT2D eigenvalue weighted by Crippen LogP contribution is -2.19. The topological polar surface area (TPSA) is 73.4 Å². The Morgan fingerprint density at radius 1 is 1.57 bits per heavy atom. The Morgan fingerprint density at radius 3 is 3.21 bits per heavy atom. The summed E-state index contributed by atoms with van der Waals surface area (Å²) in [7, 11) is 0. The number of fused-ring (bicyclic) bond motifs is 1. The minimum absolute atomic E-state index is 0.461. The van der Waals surface area contributed by atoms with E-state index < -0.39 is 11.3 Å². The molecule has 1 heterocycles. The zero-order valence-corrected chi connectivity index (χ0v) is 8.10. The van der Waals surface area contributed by atoms with Gasteiger partial charge in [0.1, 0.15) is 6.61 Å². The summed E-state index contributed by atoms with van der Waals surface area (Å²) in [5.74, 6) is 0.558. The molecule has 6 heteroatoms. The molecule has 5 nitrogen and oxygen atoms in total. The zero-order valence-electron chi connectivity index (χ0n) is 7.28. The van der Waals surface area contributed by atoms with Gasteiger partial charge < -0.3 is 19.3 Å². The second-order valence-corrected chi connectivity index (χ2v) is 3.47. The highest BCUT2D eigenvalue weighted by Gasteiger charge is 2.13.